The smallest absolute Gasteiger partial charge is 0.138 e. The highest BCUT2D eigenvalue weighted by molar-refractivity contribution is 6.09. The molecule has 54 heavy (non-hydrogen) atoms. The Morgan fingerprint density at radius 2 is 0.944 bits per heavy atom. The van der Waals surface area contributed by atoms with Crippen molar-refractivity contribution in [2.24, 2.45) is 0 Å². The lowest BCUT2D eigenvalue weighted by Gasteiger charge is -2.41. The molecule has 0 saturated carbocycles. The third-order valence-electron chi connectivity index (χ3n) is 10.4. The molecular formula is C52H40N2. The summed E-state index contributed by atoms with van der Waals surface area (Å²) < 4.78 is 0. The van der Waals surface area contributed by atoms with E-state index in [1.807, 2.05) is 0 Å². The van der Waals surface area contributed by atoms with Crippen LogP contribution in [0.3, 0.4) is 0 Å². The van der Waals surface area contributed by atoms with Crippen LogP contribution in [0, 0.1) is 0 Å². The van der Waals surface area contributed by atoms with Gasteiger partial charge in [0.1, 0.15) is 6.17 Å². The van der Waals surface area contributed by atoms with Crippen LogP contribution in [0.2, 0.25) is 0 Å². The van der Waals surface area contributed by atoms with Gasteiger partial charge in [-0.05, 0) is 70.3 Å². The molecule has 1 aliphatic heterocycles. The first kappa shape index (κ1) is 33.0. The van der Waals surface area contributed by atoms with E-state index in [0.29, 0.717) is 0 Å². The number of allylic oxidation sites excluding steroid dienone is 3. The molecule has 1 heterocycles. The van der Waals surface area contributed by atoms with Crippen molar-refractivity contribution in [1.29, 1.82) is 0 Å². The van der Waals surface area contributed by atoms with E-state index < -0.39 is 0 Å². The van der Waals surface area contributed by atoms with E-state index in [2.05, 4.69) is 235 Å². The van der Waals surface area contributed by atoms with E-state index in [9.17, 15) is 0 Å². The van der Waals surface area contributed by atoms with E-state index in [4.69, 9.17) is 0 Å². The predicted molar refractivity (Wildman–Crippen MR) is 230 cm³/mol. The summed E-state index contributed by atoms with van der Waals surface area (Å²) in [6.45, 7) is 2.09. The highest BCUT2D eigenvalue weighted by Gasteiger charge is 2.41. The Labute approximate surface area is 318 Å². The fourth-order valence-corrected chi connectivity index (χ4v) is 8.11. The maximum absolute atomic E-state index is 2.59. The van der Waals surface area contributed by atoms with Crippen LogP contribution in [0.1, 0.15) is 12.5 Å². The number of para-hydroxylation sites is 4. The first-order valence-electron chi connectivity index (χ1n) is 18.7. The van der Waals surface area contributed by atoms with Crippen molar-refractivity contribution in [2.75, 3.05) is 9.80 Å². The van der Waals surface area contributed by atoms with E-state index in [-0.39, 0.29) is 6.17 Å². The molecule has 0 saturated heterocycles. The Bertz CT molecular complexity index is 2620. The lowest BCUT2D eigenvalue weighted by molar-refractivity contribution is 0.828. The SMILES string of the molecule is C/C=C\C=C1\c2ccccc2N(c2ccccc2)C1N(c1ccccc1-c1ccccc1)c1ccccc1-c1cccc2cccc(-c3ccccc3)c12. The van der Waals surface area contributed by atoms with Gasteiger partial charge in [0.05, 0.1) is 17.1 Å². The number of anilines is 4. The summed E-state index contributed by atoms with van der Waals surface area (Å²) in [5, 5.41) is 2.46. The highest BCUT2D eigenvalue weighted by atomic mass is 15.4. The van der Waals surface area contributed by atoms with Crippen LogP contribution >= 0.6 is 0 Å². The summed E-state index contributed by atoms with van der Waals surface area (Å²) in [5.74, 6) is 0. The summed E-state index contributed by atoms with van der Waals surface area (Å²) in [7, 11) is 0. The lowest BCUT2D eigenvalue weighted by atomic mass is 9.90. The van der Waals surface area contributed by atoms with Crippen LogP contribution in [0.25, 0.3) is 49.7 Å². The topological polar surface area (TPSA) is 6.48 Å². The van der Waals surface area contributed by atoms with Crippen LogP contribution in [-0.4, -0.2) is 6.17 Å². The van der Waals surface area contributed by atoms with Crippen LogP contribution in [0.5, 0.6) is 0 Å². The molecule has 0 amide bonds. The van der Waals surface area contributed by atoms with Crippen LogP contribution in [0.4, 0.5) is 22.7 Å². The standard InChI is InChI=1S/C52H40N2/c1-2-3-29-47-45-32-15-17-36-49(45)53(41-27-11-6-12-28-41)52(47)54(48-35-16-13-30-42(48)38-21-7-4-8-22-38)50-37-18-14-31-44(50)46-34-20-26-40-25-19-33-43(51(40)46)39-23-9-5-10-24-39/h2-37,52H,1H3/b3-2-,47-29-. The number of hydrogen-bond acceptors (Lipinski definition) is 2. The maximum atomic E-state index is 2.59. The van der Waals surface area contributed by atoms with Crippen LogP contribution in [-0.2, 0) is 0 Å². The second kappa shape index (κ2) is 14.6. The van der Waals surface area contributed by atoms with E-state index in [1.165, 1.54) is 61.0 Å². The normalized spacial score (nSPS) is 14.5. The van der Waals surface area contributed by atoms with Gasteiger partial charge in [-0.2, -0.15) is 0 Å². The van der Waals surface area contributed by atoms with Gasteiger partial charge in [-0.15, -0.1) is 0 Å². The molecule has 0 aromatic heterocycles. The Hall–Kier alpha value is -6.90. The molecule has 8 aromatic carbocycles. The minimum Gasteiger partial charge on any atom is -0.315 e. The van der Waals surface area contributed by atoms with Crippen LogP contribution < -0.4 is 9.80 Å². The quantitative estimate of drug-likeness (QED) is 0.156. The van der Waals surface area contributed by atoms with Gasteiger partial charge in [-0.3, -0.25) is 0 Å². The second-order valence-corrected chi connectivity index (χ2v) is 13.6. The van der Waals surface area contributed by atoms with Crippen molar-refractivity contribution in [2.45, 2.75) is 13.1 Å². The van der Waals surface area contributed by atoms with Crippen molar-refractivity contribution in [3.05, 3.63) is 224 Å². The molecule has 2 nitrogen and oxygen atoms in total. The molecule has 2 heteroatoms. The zero-order chi connectivity index (χ0) is 36.3. The van der Waals surface area contributed by atoms with Crippen molar-refractivity contribution in [3.63, 3.8) is 0 Å². The maximum Gasteiger partial charge on any atom is 0.138 e. The zero-order valence-corrected chi connectivity index (χ0v) is 30.3. The van der Waals surface area contributed by atoms with Crippen LogP contribution in [0.15, 0.2) is 218 Å². The van der Waals surface area contributed by atoms with Gasteiger partial charge >= 0.3 is 0 Å². The largest absolute Gasteiger partial charge is 0.315 e. The molecule has 0 radical (unpaired) electrons. The first-order valence-corrected chi connectivity index (χ1v) is 18.7. The van der Waals surface area contributed by atoms with E-state index in [1.54, 1.807) is 0 Å². The van der Waals surface area contributed by atoms with E-state index in [0.717, 1.165) is 17.1 Å². The first-order chi connectivity index (χ1) is 26.8. The molecule has 8 aromatic rings. The Morgan fingerprint density at radius 1 is 0.444 bits per heavy atom. The third-order valence-corrected chi connectivity index (χ3v) is 10.4. The highest BCUT2D eigenvalue weighted by Crippen LogP contribution is 2.52. The van der Waals surface area contributed by atoms with Gasteiger partial charge in [0, 0.05) is 28.0 Å². The molecule has 1 unspecified atom stereocenters. The van der Waals surface area contributed by atoms with Crippen molar-refractivity contribution in [1.82, 2.24) is 0 Å². The molecule has 9 rings (SSSR count). The number of benzene rings is 8. The summed E-state index contributed by atoms with van der Waals surface area (Å²) in [5.41, 5.74) is 14.2. The van der Waals surface area contributed by atoms with Gasteiger partial charge in [0.25, 0.3) is 0 Å². The Kier molecular flexibility index (Phi) is 8.92. The number of hydrogen-bond donors (Lipinski definition) is 0. The number of fused-ring (bicyclic) bond motifs is 2. The fourth-order valence-electron chi connectivity index (χ4n) is 8.11. The monoisotopic (exact) mass is 692 g/mol. The number of rotatable bonds is 8. The molecule has 1 aliphatic rings. The van der Waals surface area contributed by atoms with Gasteiger partial charge in [-0.25, -0.2) is 0 Å². The predicted octanol–water partition coefficient (Wildman–Crippen LogP) is 14.1. The fraction of sp³-hybridized carbons (Fsp3) is 0.0385. The molecule has 258 valence electrons. The average Bonchev–Trinajstić information content (AvgIpc) is 3.57. The zero-order valence-electron chi connectivity index (χ0n) is 30.3. The average molecular weight is 693 g/mol. The molecule has 0 spiro atoms. The van der Waals surface area contributed by atoms with Crippen molar-refractivity contribution < 1.29 is 0 Å². The third kappa shape index (κ3) is 5.88. The van der Waals surface area contributed by atoms with Gasteiger partial charge in [0.2, 0.25) is 0 Å². The van der Waals surface area contributed by atoms with Crippen molar-refractivity contribution in [3.8, 4) is 33.4 Å². The minimum absolute atomic E-state index is 0.226. The minimum atomic E-state index is -0.226. The van der Waals surface area contributed by atoms with Gasteiger partial charge in [-0.1, -0.05) is 188 Å². The number of nitrogens with zero attached hydrogens (tertiary/aromatic N) is 2. The molecule has 0 aliphatic carbocycles. The summed E-state index contributed by atoms with van der Waals surface area (Å²) in [6.07, 6.45) is 6.38. The summed E-state index contributed by atoms with van der Waals surface area (Å²) in [4.78, 5) is 5.10. The van der Waals surface area contributed by atoms with Gasteiger partial charge in [0.15, 0.2) is 0 Å². The lowest BCUT2D eigenvalue weighted by Crippen LogP contribution is -2.42. The van der Waals surface area contributed by atoms with E-state index >= 15 is 0 Å². The van der Waals surface area contributed by atoms with Crippen molar-refractivity contribution >= 4 is 39.1 Å². The molecule has 0 fully saturated rings. The van der Waals surface area contributed by atoms with Gasteiger partial charge < -0.3 is 9.80 Å². The Balaban J connectivity index is 1.38. The summed E-state index contributed by atoms with van der Waals surface area (Å²) >= 11 is 0. The molecule has 0 bridgehead atoms. The second-order valence-electron chi connectivity index (χ2n) is 13.6. The summed E-state index contributed by atoms with van der Waals surface area (Å²) in [6, 6.07) is 72.5. The molecular weight excluding hydrogens is 653 g/mol. The molecule has 0 N–H and O–H groups in total. The molecule has 1 atom stereocenters. The Morgan fingerprint density at radius 3 is 1.61 bits per heavy atom.